The molecule has 0 fully saturated rings. The Morgan fingerprint density at radius 1 is 1.37 bits per heavy atom. The van der Waals surface area contributed by atoms with Crippen LogP contribution >= 0.6 is 0 Å². The third-order valence-electron chi connectivity index (χ3n) is 4.11. The van der Waals surface area contributed by atoms with Crippen LogP contribution in [0.4, 0.5) is 0 Å². The number of aromatic nitrogens is 2. The number of nitrogens with two attached hydrogens (primary N) is 2. The molecular formula is C19H20N6O2. The molecule has 0 spiro atoms. The van der Waals surface area contributed by atoms with Gasteiger partial charge in [0.1, 0.15) is 5.75 Å². The number of nitriles is 1. The zero-order valence-corrected chi connectivity index (χ0v) is 15.0. The first-order valence-corrected chi connectivity index (χ1v) is 8.42. The molecule has 1 aromatic heterocycles. The van der Waals surface area contributed by atoms with Gasteiger partial charge >= 0.3 is 0 Å². The standard InChI is InChI=1S/C19H20N6O2/c1-23-19(15-11-26-5-4-16(15)22)27-17-6-12(7-20)2-3-14(17)18-24-9-13(8-21)10-25-18/h2-3,6,9-10H,4-5,8,11,21-22H2,1H3. The number of benzene rings is 1. The Morgan fingerprint density at radius 3 is 2.78 bits per heavy atom. The van der Waals surface area contributed by atoms with Gasteiger partial charge in [0.25, 0.3) is 0 Å². The van der Waals surface area contributed by atoms with Gasteiger partial charge in [-0.05, 0) is 18.2 Å². The minimum atomic E-state index is 0.327. The fourth-order valence-electron chi connectivity index (χ4n) is 2.61. The summed E-state index contributed by atoms with van der Waals surface area (Å²) in [6, 6.07) is 7.16. The molecule has 2 heterocycles. The van der Waals surface area contributed by atoms with E-state index in [9.17, 15) is 5.26 Å². The van der Waals surface area contributed by atoms with Gasteiger partial charge in [0.05, 0.1) is 36.0 Å². The maximum Gasteiger partial charge on any atom is 0.221 e. The Hall–Kier alpha value is -3.28. The minimum absolute atomic E-state index is 0.327. The van der Waals surface area contributed by atoms with E-state index in [4.69, 9.17) is 20.9 Å². The highest BCUT2D eigenvalue weighted by atomic mass is 16.5. The lowest BCUT2D eigenvalue weighted by molar-refractivity contribution is 0.148. The average molecular weight is 364 g/mol. The lowest BCUT2D eigenvalue weighted by Crippen LogP contribution is -2.25. The van der Waals surface area contributed by atoms with Gasteiger partial charge in [-0.2, -0.15) is 5.26 Å². The number of hydrogen-bond acceptors (Lipinski definition) is 8. The zero-order chi connectivity index (χ0) is 19.2. The largest absolute Gasteiger partial charge is 0.438 e. The van der Waals surface area contributed by atoms with Crippen LogP contribution < -0.4 is 16.2 Å². The second-order valence-corrected chi connectivity index (χ2v) is 5.88. The first kappa shape index (κ1) is 18.5. The van der Waals surface area contributed by atoms with E-state index in [1.807, 2.05) is 0 Å². The molecule has 0 unspecified atom stereocenters. The number of nitrogens with zero attached hydrogens (tertiary/aromatic N) is 4. The van der Waals surface area contributed by atoms with E-state index in [0.29, 0.717) is 66.0 Å². The summed E-state index contributed by atoms with van der Waals surface area (Å²) in [6.45, 7) is 1.26. The lowest BCUT2D eigenvalue weighted by Gasteiger charge is -2.20. The first-order valence-electron chi connectivity index (χ1n) is 8.42. The molecule has 8 nitrogen and oxygen atoms in total. The van der Waals surface area contributed by atoms with Crippen molar-refractivity contribution in [2.75, 3.05) is 20.3 Å². The fraction of sp³-hybridized carbons (Fsp3) is 0.263. The van der Waals surface area contributed by atoms with Crippen molar-refractivity contribution in [3.63, 3.8) is 0 Å². The molecule has 27 heavy (non-hydrogen) atoms. The molecule has 0 aliphatic carbocycles. The van der Waals surface area contributed by atoms with E-state index in [2.05, 4.69) is 21.0 Å². The van der Waals surface area contributed by atoms with Gasteiger partial charge in [-0.25, -0.2) is 9.97 Å². The van der Waals surface area contributed by atoms with Crippen molar-refractivity contribution in [1.29, 1.82) is 5.26 Å². The van der Waals surface area contributed by atoms with Gasteiger partial charge in [-0.15, -0.1) is 0 Å². The molecule has 138 valence electrons. The number of aliphatic imine (C=N–C) groups is 1. The van der Waals surface area contributed by atoms with Crippen molar-refractivity contribution in [2.45, 2.75) is 13.0 Å². The van der Waals surface area contributed by atoms with E-state index < -0.39 is 0 Å². The van der Waals surface area contributed by atoms with Gasteiger partial charge in [-0.3, -0.25) is 4.99 Å². The molecule has 1 aromatic carbocycles. The highest BCUT2D eigenvalue weighted by Crippen LogP contribution is 2.30. The highest BCUT2D eigenvalue weighted by Gasteiger charge is 2.20. The van der Waals surface area contributed by atoms with Crippen molar-refractivity contribution >= 4 is 5.90 Å². The number of hydrogen-bond donors (Lipinski definition) is 2. The molecule has 0 radical (unpaired) electrons. The summed E-state index contributed by atoms with van der Waals surface area (Å²) in [5.41, 5.74) is 15.0. The third kappa shape index (κ3) is 4.11. The fourth-order valence-corrected chi connectivity index (χ4v) is 2.61. The van der Waals surface area contributed by atoms with Crippen molar-refractivity contribution in [3.05, 3.63) is 53.0 Å². The van der Waals surface area contributed by atoms with E-state index in [1.165, 1.54) is 0 Å². The van der Waals surface area contributed by atoms with E-state index in [-0.39, 0.29) is 0 Å². The average Bonchev–Trinajstić information content (AvgIpc) is 2.72. The normalized spacial score (nSPS) is 14.8. The molecule has 3 rings (SSSR count). The summed E-state index contributed by atoms with van der Waals surface area (Å²) < 4.78 is 11.5. The van der Waals surface area contributed by atoms with E-state index >= 15 is 0 Å². The molecule has 0 saturated heterocycles. The van der Waals surface area contributed by atoms with Crippen molar-refractivity contribution in [3.8, 4) is 23.2 Å². The van der Waals surface area contributed by atoms with Crippen LogP contribution in [-0.4, -0.2) is 36.1 Å². The van der Waals surface area contributed by atoms with E-state index in [0.717, 1.165) is 5.56 Å². The van der Waals surface area contributed by atoms with Crippen LogP contribution in [0.25, 0.3) is 11.4 Å². The molecular weight excluding hydrogens is 344 g/mol. The summed E-state index contributed by atoms with van der Waals surface area (Å²) in [7, 11) is 1.62. The van der Waals surface area contributed by atoms with Crippen molar-refractivity contribution in [1.82, 2.24) is 9.97 Å². The Balaban J connectivity index is 2.01. The van der Waals surface area contributed by atoms with Crippen LogP contribution in [0.15, 0.2) is 46.9 Å². The Labute approximate surface area is 157 Å². The molecule has 0 saturated carbocycles. The van der Waals surface area contributed by atoms with Crippen LogP contribution in [0.5, 0.6) is 5.75 Å². The predicted molar refractivity (Wildman–Crippen MR) is 101 cm³/mol. The van der Waals surface area contributed by atoms with Crippen LogP contribution in [0, 0.1) is 11.3 Å². The molecule has 2 aromatic rings. The van der Waals surface area contributed by atoms with Crippen LogP contribution in [0.1, 0.15) is 17.5 Å². The summed E-state index contributed by atoms with van der Waals surface area (Å²) in [4.78, 5) is 12.9. The maximum absolute atomic E-state index is 9.24. The molecule has 1 aliphatic heterocycles. The zero-order valence-electron chi connectivity index (χ0n) is 15.0. The molecule has 4 N–H and O–H groups in total. The van der Waals surface area contributed by atoms with Crippen LogP contribution in [-0.2, 0) is 11.3 Å². The highest BCUT2D eigenvalue weighted by molar-refractivity contribution is 5.96. The van der Waals surface area contributed by atoms with Gasteiger partial charge < -0.3 is 20.9 Å². The number of rotatable bonds is 4. The summed E-state index contributed by atoms with van der Waals surface area (Å²) in [6.07, 6.45) is 3.94. The topological polar surface area (TPSA) is 132 Å². The van der Waals surface area contributed by atoms with Gasteiger partial charge in [0.2, 0.25) is 5.90 Å². The molecule has 0 bridgehead atoms. The minimum Gasteiger partial charge on any atom is -0.438 e. The first-order chi connectivity index (χ1) is 13.2. The van der Waals surface area contributed by atoms with Crippen molar-refractivity contribution < 1.29 is 9.47 Å². The van der Waals surface area contributed by atoms with E-state index in [1.54, 1.807) is 37.6 Å². The van der Waals surface area contributed by atoms with Crippen LogP contribution in [0.2, 0.25) is 0 Å². The SMILES string of the molecule is CN=C(Oc1cc(C#N)ccc1-c1ncc(CN)cn1)C1=C(N)CCOC1. The summed E-state index contributed by atoms with van der Waals surface area (Å²) >= 11 is 0. The second-order valence-electron chi connectivity index (χ2n) is 5.88. The monoisotopic (exact) mass is 364 g/mol. The molecule has 0 amide bonds. The Morgan fingerprint density at radius 2 is 2.15 bits per heavy atom. The van der Waals surface area contributed by atoms with Gasteiger partial charge in [0.15, 0.2) is 5.82 Å². The third-order valence-corrected chi connectivity index (χ3v) is 4.11. The molecule has 1 aliphatic rings. The van der Waals surface area contributed by atoms with Gasteiger partial charge in [0, 0.05) is 43.7 Å². The Bertz CT molecular complexity index is 928. The predicted octanol–water partition coefficient (Wildman–Crippen LogP) is 1.51. The molecule has 8 heteroatoms. The van der Waals surface area contributed by atoms with Crippen molar-refractivity contribution in [2.24, 2.45) is 16.5 Å². The van der Waals surface area contributed by atoms with Gasteiger partial charge in [-0.1, -0.05) is 0 Å². The Kier molecular flexibility index (Phi) is 5.76. The summed E-state index contributed by atoms with van der Waals surface area (Å²) in [5, 5.41) is 9.24. The smallest absolute Gasteiger partial charge is 0.221 e. The number of ether oxygens (including phenoxy) is 2. The maximum atomic E-state index is 9.24. The lowest BCUT2D eigenvalue weighted by atomic mass is 10.1. The second kappa shape index (κ2) is 8.40. The summed E-state index contributed by atoms with van der Waals surface area (Å²) in [5.74, 6) is 1.23. The van der Waals surface area contributed by atoms with Crippen LogP contribution in [0.3, 0.4) is 0 Å². The molecule has 0 atom stereocenters. The quantitative estimate of drug-likeness (QED) is 0.620.